The molecule has 1 saturated heterocycles. The molecular weight excluding hydrogens is 417 g/mol. The minimum Gasteiger partial charge on any atom is -0.349 e. The molecule has 5 nitrogen and oxygen atoms in total. The van der Waals surface area contributed by atoms with Crippen LogP contribution in [0.25, 0.3) is 0 Å². The summed E-state index contributed by atoms with van der Waals surface area (Å²) in [5.41, 5.74) is 0.855. The first-order chi connectivity index (χ1) is 14.0. The van der Waals surface area contributed by atoms with Gasteiger partial charge in [-0.05, 0) is 68.1 Å². The standard InChI is InChI=1S/C21H23F3N2O3S/c1-14-3-4-15(2)19(13-14)30(28,29)26-11-9-18(10-12-26)25-20(27)16-5-7-17(8-6-16)21(22,23)24/h3-8,13,18H,9-12H2,1-2H3,(H,25,27). The molecule has 0 radical (unpaired) electrons. The predicted octanol–water partition coefficient (Wildman–Crippen LogP) is 3.91. The minimum atomic E-state index is -4.46. The Balaban J connectivity index is 1.61. The summed E-state index contributed by atoms with van der Waals surface area (Å²) in [4.78, 5) is 12.6. The molecule has 1 aliphatic rings. The second kappa shape index (κ2) is 8.39. The minimum absolute atomic E-state index is 0.133. The zero-order valence-electron chi connectivity index (χ0n) is 16.7. The van der Waals surface area contributed by atoms with Crippen molar-refractivity contribution in [2.24, 2.45) is 0 Å². The van der Waals surface area contributed by atoms with Crippen LogP contribution in [0.3, 0.4) is 0 Å². The molecule has 1 N–H and O–H groups in total. The molecule has 1 aliphatic heterocycles. The van der Waals surface area contributed by atoms with E-state index >= 15 is 0 Å². The number of benzene rings is 2. The Morgan fingerprint density at radius 2 is 1.63 bits per heavy atom. The molecule has 2 aromatic carbocycles. The van der Waals surface area contributed by atoms with Crippen molar-refractivity contribution in [1.29, 1.82) is 0 Å². The van der Waals surface area contributed by atoms with E-state index in [-0.39, 0.29) is 29.6 Å². The van der Waals surface area contributed by atoms with Crippen LogP contribution in [-0.4, -0.2) is 37.8 Å². The molecule has 0 unspecified atom stereocenters. The van der Waals surface area contributed by atoms with Crippen LogP contribution < -0.4 is 5.32 Å². The van der Waals surface area contributed by atoms with Crippen LogP contribution in [-0.2, 0) is 16.2 Å². The molecule has 9 heteroatoms. The van der Waals surface area contributed by atoms with Gasteiger partial charge < -0.3 is 5.32 Å². The zero-order valence-corrected chi connectivity index (χ0v) is 17.5. The van der Waals surface area contributed by atoms with Gasteiger partial charge in [-0.2, -0.15) is 17.5 Å². The summed E-state index contributed by atoms with van der Waals surface area (Å²) in [6, 6.07) is 9.06. The van der Waals surface area contributed by atoms with Gasteiger partial charge >= 0.3 is 6.18 Å². The van der Waals surface area contributed by atoms with Crippen LogP contribution in [0.15, 0.2) is 47.4 Å². The maximum absolute atomic E-state index is 13.0. The second-order valence-corrected chi connectivity index (χ2v) is 9.40. The average Bonchev–Trinajstić information content (AvgIpc) is 2.69. The van der Waals surface area contributed by atoms with Crippen LogP contribution >= 0.6 is 0 Å². The largest absolute Gasteiger partial charge is 0.416 e. The summed E-state index contributed by atoms with van der Waals surface area (Å²) >= 11 is 0. The number of nitrogens with zero attached hydrogens (tertiary/aromatic N) is 1. The Bertz CT molecular complexity index is 1030. The van der Waals surface area contributed by atoms with Gasteiger partial charge in [-0.1, -0.05) is 12.1 Å². The molecule has 1 amide bonds. The van der Waals surface area contributed by atoms with E-state index in [4.69, 9.17) is 0 Å². The quantitative estimate of drug-likeness (QED) is 0.784. The Labute approximate surface area is 173 Å². The predicted molar refractivity (Wildman–Crippen MR) is 107 cm³/mol. The number of hydrogen-bond acceptors (Lipinski definition) is 3. The molecule has 3 rings (SSSR count). The highest BCUT2D eigenvalue weighted by Crippen LogP contribution is 2.29. The Morgan fingerprint density at radius 3 is 2.20 bits per heavy atom. The number of carbonyl (C=O) groups is 1. The number of carbonyl (C=O) groups excluding carboxylic acids is 1. The third-order valence-corrected chi connectivity index (χ3v) is 7.27. The molecule has 0 aliphatic carbocycles. The topological polar surface area (TPSA) is 66.5 Å². The average molecular weight is 440 g/mol. The Morgan fingerprint density at radius 1 is 1.03 bits per heavy atom. The fraction of sp³-hybridized carbons (Fsp3) is 0.381. The van der Waals surface area contributed by atoms with Gasteiger partial charge in [0.2, 0.25) is 10.0 Å². The van der Waals surface area contributed by atoms with Crippen molar-refractivity contribution in [3.8, 4) is 0 Å². The maximum atomic E-state index is 13.0. The van der Waals surface area contributed by atoms with Gasteiger partial charge in [-0.15, -0.1) is 0 Å². The van der Waals surface area contributed by atoms with E-state index in [0.29, 0.717) is 18.4 Å². The van der Waals surface area contributed by atoms with Crippen molar-refractivity contribution in [2.45, 2.75) is 43.8 Å². The summed E-state index contributed by atoms with van der Waals surface area (Å²) in [5, 5.41) is 2.78. The molecule has 0 aromatic heterocycles. The number of alkyl halides is 3. The van der Waals surface area contributed by atoms with Crippen LogP contribution in [0.4, 0.5) is 13.2 Å². The van der Waals surface area contributed by atoms with Gasteiger partial charge in [-0.3, -0.25) is 4.79 Å². The van der Waals surface area contributed by atoms with E-state index in [0.717, 1.165) is 29.8 Å². The van der Waals surface area contributed by atoms with Crippen molar-refractivity contribution in [3.63, 3.8) is 0 Å². The normalized spacial score (nSPS) is 16.4. The van der Waals surface area contributed by atoms with Crippen LogP contribution in [0.5, 0.6) is 0 Å². The summed E-state index contributed by atoms with van der Waals surface area (Å²) in [7, 11) is -3.62. The number of hydrogen-bond donors (Lipinski definition) is 1. The number of halogens is 3. The first-order valence-electron chi connectivity index (χ1n) is 9.54. The molecule has 1 fully saturated rings. The van der Waals surface area contributed by atoms with E-state index in [1.807, 2.05) is 13.0 Å². The van der Waals surface area contributed by atoms with E-state index in [9.17, 15) is 26.4 Å². The molecular formula is C21H23F3N2O3S. The smallest absolute Gasteiger partial charge is 0.349 e. The van der Waals surface area contributed by atoms with Gasteiger partial charge in [0.1, 0.15) is 0 Å². The number of rotatable bonds is 4. The molecule has 2 aromatic rings. The van der Waals surface area contributed by atoms with Crippen LogP contribution in [0.1, 0.15) is 39.9 Å². The fourth-order valence-corrected chi connectivity index (χ4v) is 5.22. The van der Waals surface area contributed by atoms with Crippen molar-refractivity contribution in [2.75, 3.05) is 13.1 Å². The highest BCUT2D eigenvalue weighted by Gasteiger charge is 2.32. The number of piperidine rings is 1. The highest BCUT2D eigenvalue weighted by atomic mass is 32.2. The molecule has 0 spiro atoms. The lowest BCUT2D eigenvalue weighted by atomic mass is 10.1. The van der Waals surface area contributed by atoms with Gasteiger partial charge in [-0.25, -0.2) is 8.42 Å². The van der Waals surface area contributed by atoms with E-state index < -0.39 is 27.7 Å². The van der Waals surface area contributed by atoms with Crippen LogP contribution in [0, 0.1) is 13.8 Å². The number of aryl methyl sites for hydroxylation is 2. The third kappa shape index (κ3) is 4.84. The summed E-state index contributed by atoms with van der Waals surface area (Å²) in [6.45, 7) is 4.10. The van der Waals surface area contributed by atoms with Crippen molar-refractivity contribution in [3.05, 3.63) is 64.7 Å². The Kier molecular flexibility index (Phi) is 6.24. The van der Waals surface area contributed by atoms with E-state index in [1.165, 1.54) is 4.31 Å². The van der Waals surface area contributed by atoms with Crippen molar-refractivity contribution >= 4 is 15.9 Å². The third-order valence-electron chi connectivity index (χ3n) is 5.23. The fourth-order valence-electron chi connectivity index (χ4n) is 3.44. The maximum Gasteiger partial charge on any atom is 0.416 e. The SMILES string of the molecule is Cc1ccc(C)c(S(=O)(=O)N2CCC(NC(=O)c3ccc(C(F)(F)F)cc3)CC2)c1. The van der Waals surface area contributed by atoms with Crippen molar-refractivity contribution < 1.29 is 26.4 Å². The first kappa shape index (κ1) is 22.3. The molecule has 1 heterocycles. The number of amides is 1. The monoisotopic (exact) mass is 440 g/mol. The lowest BCUT2D eigenvalue weighted by molar-refractivity contribution is -0.137. The van der Waals surface area contributed by atoms with E-state index in [1.54, 1.807) is 19.1 Å². The van der Waals surface area contributed by atoms with Gasteiger partial charge in [0.05, 0.1) is 10.5 Å². The summed E-state index contributed by atoms with van der Waals surface area (Å²) in [6.07, 6.45) is -3.60. The second-order valence-electron chi connectivity index (χ2n) is 7.50. The molecule has 0 atom stereocenters. The van der Waals surface area contributed by atoms with Gasteiger partial charge in [0.15, 0.2) is 0 Å². The lowest BCUT2D eigenvalue weighted by Gasteiger charge is -2.32. The number of sulfonamides is 1. The molecule has 30 heavy (non-hydrogen) atoms. The van der Waals surface area contributed by atoms with E-state index in [2.05, 4.69) is 5.32 Å². The molecule has 0 saturated carbocycles. The summed E-state index contributed by atoms with van der Waals surface area (Å²) in [5.74, 6) is -0.473. The summed E-state index contributed by atoms with van der Waals surface area (Å²) < 4.78 is 65.3. The van der Waals surface area contributed by atoms with Gasteiger partial charge in [0.25, 0.3) is 5.91 Å². The molecule has 0 bridgehead atoms. The van der Waals surface area contributed by atoms with Crippen LogP contribution in [0.2, 0.25) is 0 Å². The number of nitrogens with one attached hydrogen (secondary N) is 1. The zero-order chi connectivity index (χ0) is 22.1. The van der Waals surface area contributed by atoms with Crippen molar-refractivity contribution in [1.82, 2.24) is 9.62 Å². The lowest BCUT2D eigenvalue weighted by Crippen LogP contribution is -2.46. The molecule has 162 valence electrons. The first-order valence-corrected chi connectivity index (χ1v) is 11.0. The highest BCUT2D eigenvalue weighted by molar-refractivity contribution is 7.89. The van der Waals surface area contributed by atoms with Gasteiger partial charge in [0, 0.05) is 24.7 Å². The Hall–Kier alpha value is -2.39.